The Hall–Kier alpha value is -5.83. The van der Waals surface area contributed by atoms with Gasteiger partial charge in [0.15, 0.2) is 5.78 Å². The Labute approximate surface area is 350 Å². The van der Waals surface area contributed by atoms with Gasteiger partial charge in [0.05, 0.1) is 11.4 Å². The highest BCUT2D eigenvalue weighted by Crippen LogP contribution is 2.40. The van der Waals surface area contributed by atoms with E-state index in [1.807, 2.05) is 86.5 Å². The van der Waals surface area contributed by atoms with Gasteiger partial charge in [0.1, 0.15) is 17.1 Å². The Morgan fingerprint density at radius 1 is 0.632 bits per heavy atom. The molecular formula is C52H74N4O. The molecule has 0 aliphatic carbocycles. The third-order valence-electron chi connectivity index (χ3n) is 9.85. The van der Waals surface area contributed by atoms with E-state index < -0.39 is 5.41 Å². The number of allylic oxidation sites excluding steroid dienone is 4. The molecule has 57 heavy (non-hydrogen) atoms. The molecule has 2 aliphatic heterocycles. The molecule has 0 unspecified atom stereocenters. The van der Waals surface area contributed by atoms with Crippen LogP contribution in [0.4, 0.5) is 11.4 Å². The maximum absolute atomic E-state index is 11.9. The number of anilines is 2. The summed E-state index contributed by atoms with van der Waals surface area (Å²) < 4.78 is 0. The topological polar surface area (TPSA) is 30.0 Å². The van der Waals surface area contributed by atoms with Crippen molar-refractivity contribution in [1.29, 1.82) is 0 Å². The van der Waals surface area contributed by atoms with Crippen LogP contribution in [0.1, 0.15) is 122 Å². The zero-order chi connectivity index (χ0) is 44.6. The molecule has 0 fully saturated rings. The Balaban J connectivity index is -0.000000843. The van der Waals surface area contributed by atoms with Crippen LogP contribution in [0.5, 0.6) is 0 Å². The number of rotatable bonds is 4. The van der Waals surface area contributed by atoms with Crippen molar-refractivity contribution in [2.24, 2.45) is 0 Å². The lowest BCUT2D eigenvalue weighted by atomic mass is 9.80. The van der Waals surface area contributed by atoms with Gasteiger partial charge in [0.2, 0.25) is 0 Å². The Bertz CT molecular complexity index is 1980. The third kappa shape index (κ3) is 12.1. The molecule has 2 aromatic carbocycles. The average Bonchev–Trinajstić information content (AvgIpc) is 3.18. The summed E-state index contributed by atoms with van der Waals surface area (Å²) in [7, 11) is 4.01. The Kier molecular flexibility index (Phi) is 24.0. The molecule has 2 heterocycles. The smallest absolute Gasteiger partial charge is 0.160 e. The molecule has 0 radical (unpaired) electrons. The molecular weight excluding hydrogens is 697 g/mol. The number of carbonyl (C=O) groups is 1. The molecule has 0 amide bonds. The number of hydrogen-bond donors (Lipinski definition) is 0. The van der Waals surface area contributed by atoms with E-state index in [0.29, 0.717) is 0 Å². The van der Waals surface area contributed by atoms with Crippen molar-refractivity contribution in [3.05, 3.63) is 143 Å². The number of ketones is 1. The summed E-state index contributed by atoms with van der Waals surface area (Å²) in [4.78, 5) is 20.1. The maximum Gasteiger partial charge on any atom is 0.160 e. The quantitative estimate of drug-likeness (QED) is 0.176. The van der Waals surface area contributed by atoms with Crippen LogP contribution in [0.2, 0.25) is 0 Å². The minimum absolute atomic E-state index is 0. The standard InChI is InChI=1S/C23H26N2.C19H24N2O.C3H4.2C2H6.C2H4.CH4/c1-11-23(9,12-2)21-14-22(16(4)13-15(21)3)25-19(7)17(5)18(6)24(10)20(25)8;1-11-9-12(2)19(10-18(11)16(6)22)21-15(5)13(3)14(4)20(8)17(21)7;1-3-2;3*1-2;/h1-2,13-14H,7-8H2,3-6,9-10H3;9-10H,5,7H2,1-4,6,8H3;1H,2H3;2*1-2H3;1-2H2;1H4. The molecule has 0 spiro atoms. The number of aryl methyl sites for hydroxylation is 4. The summed E-state index contributed by atoms with van der Waals surface area (Å²) in [6, 6.07) is 8.21. The van der Waals surface area contributed by atoms with Crippen molar-refractivity contribution in [3.8, 4) is 37.0 Å². The number of benzene rings is 2. The average molecular weight is 771 g/mol. The van der Waals surface area contributed by atoms with Gasteiger partial charge in [-0.15, -0.1) is 38.3 Å². The molecule has 4 rings (SSSR count). The second-order valence-electron chi connectivity index (χ2n) is 13.1. The molecule has 0 saturated heterocycles. The van der Waals surface area contributed by atoms with E-state index in [2.05, 4.69) is 125 Å². The van der Waals surface area contributed by atoms with E-state index in [0.717, 1.165) is 90.3 Å². The van der Waals surface area contributed by atoms with Crippen LogP contribution in [-0.4, -0.2) is 29.7 Å². The van der Waals surface area contributed by atoms with Crippen molar-refractivity contribution >= 4 is 17.2 Å². The number of Topliss-reactive ketones (excluding diaryl/α,β-unsaturated/α-hetero) is 1. The van der Waals surface area contributed by atoms with Crippen LogP contribution >= 0.6 is 0 Å². The van der Waals surface area contributed by atoms with E-state index in [4.69, 9.17) is 12.8 Å². The van der Waals surface area contributed by atoms with Gasteiger partial charge in [-0.1, -0.05) is 85.4 Å². The van der Waals surface area contributed by atoms with Gasteiger partial charge in [0, 0.05) is 42.4 Å². The molecule has 2 aromatic rings. The highest BCUT2D eigenvalue weighted by atomic mass is 16.1. The summed E-state index contributed by atoms with van der Waals surface area (Å²) in [6.45, 7) is 52.5. The van der Waals surface area contributed by atoms with Gasteiger partial charge < -0.3 is 9.80 Å². The largest absolute Gasteiger partial charge is 0.335 e. The van der Waals surface area contributed by atoms with Crippen LogP contribution in [-0.2, 0) is 5.41 Å². The van der Waals surface area contributed by atoms with Crippen LogP contribution in [0.25, 0.3) is 0 Å². The van der Waals surface area contributed by atoms with E-state index in [1.165, 1.54) is 0 Å². The van der Waals surface area contributed by atoms with Crippen molar-refractivity contribution < 1.29 is 4.79 Å². The summed E-state index contributed by atoms with van der Waals surface area (Å²) in [5.74, 6) is 9.55. The molecule has 5 nitrogen and oxygen atoms in total. The first-order valence-electron chi connectivity index (χ1n) is 18.9. The van der Waals surface area contributed by atoms with Crippen LogP contribution in [0, 0.1) is 64.7 Å². The maximum atomic E-state index is 11.9. The Morgan fingerprint density at radius 3 is 1.26 bits per heavy atom. The first-order valence-corrected chi connectivity index (χ1v) is 18.9. The first-order chi connectivity index (χ1) is 26.2. The summed E-state index contributed by atoms with van der Waals surface area (Å²) in [6.07, 6.45) is 16.1. The lowest BCUT2D eigenvalue weighted by Gasteiger charge is -2.41. The number of hydrogen-bond acceptors (Lipinski definition) is 5. The fourth-order valence-electron chi connectivity index (χ4n) is 6.10. The van der Waals surface area contributed by atoms with E-state index in [1.54, 1.807) is 13.8 Å². The highest BCUT2D eigenvalue weighted by Gasteiger charge is 2.31. The predicted molar refractivity (Wildman–Crippen MR) is 256 cm³/mol. The van der Waals surface area contributed by atoms with Gasteiger partial charge in [0.25, 0.3) is 0 Å². The number of carbonyl (C=O) groups excluding carboxylic acids is 1. The fourth-order valence-corrected chi connectivity index (χ4v) is 6.10. The van der Waals surface area contributed by atoms with Gasteiger partial charge in [-0.25, -0.2) is 0 Å². The molecule has 0 atom stereocenters. The van der Waals surface area contributed by atoms with Crippen molar-refractivity contribution in [2.45, 2.75) is 117 Å². The minimum atomic E-state index is -0.752. The van der Waals surface area contributed by atoms with E-state index in [9.17, 15) is 4.79 Å². The number of terminal acetylenes is 3. The second kappa shape index (κ2) is 24.6. The zero-order valence-electron chi connectivity index (χ0n) is 38.0. The van der Waals surface area contributed by atoms with Crippen molar-refractivity contribution in [2.75, 3.05) is 23.9 Å². The minimum Gasteiger partial charge on any atom is -0.335 e. The normalized spacial score (nSPS) is 13.2. The van der Waals surface area contributed by atoms with Crippen LogP contribution in [0.15, 0.2) is 109 Å². The van der Waals surface area contributed by atoms with E-state index >= 15 is 0 Å². The van der Waals surface area contributed by atoms with Crippen molar-refractivity contribution in [1.82, 2.24) is 9.80 Å². The molecule has 2 aliphatic rings. The fraction of sp³-hybridized carbons (Fsp3) is 0.365. The highest BCUT2D eigenvalue weighted by molar-refractivity contribution is 5.97. The molecule has 0 N–H and O–H groups in total. The van der Waals surface area contributed by atoms with E-state index in [-0.39, 0.29) is 13.2 Å². The monoisotopic (exact) mass is 771 g/mol. The summed E-state index contributed by atoms with van der Waals surface area (Å²) in [5.41, 5.74) is 13.6. The summed E-state index contributed by atoms with van der Waals surface area (Å²) in [5, 5.41) is 0. The molecule has 0 saturated carbocycles. The molecule has 5 heteroatoms. The van der Waals surface area contributed by atoms with Gasteiger partial charge in [-0.05, 0) is 127 Å². The van der Waals surface area contributed by atoms with Crippen LogP contribution in [0.3, 0.4) is 0 Å². The third-order valence-corrected chi connectivity index (χ3v) is 9.85. The lowest BCUT2D eigenvalue weighted by molar-refractivity contribution is 0.101. The first kappa shape index (κ1) is 55.5. The predicted octanol–water partition coefficient (Wildman–Crippen LogP) is 13.5. The van der Waals surface area contributed by atoms with Gasteiger partial charge in [-0.3, -0.25) is 14.6 Å². The summed E-state index contributed by atoms with van der Waals surface area (Å²) >= 11 is 0. The SMILES string of the molecule is C.C#CC.C#CC(C)(C#C)c1cc(N2C(=C)C(C)=C(C)N(C)C2=C)c(C)cc1C.C=C.C=C1C(C)=C(C)N(C)C(=C)N1c1cc(C(C)=O)c(C)cc1C.CC.CC. The van der Waals surface area contributed by atoms with Crippen LogP contribution < -0.4 is 9.80 Å². The second-order valence-corrected chi connectivity index (χ2v) is 13.1. The van der Waals surface area contributed by atoms with Crippen molar-refractivity contribution in [3.63, 3.8) is 0 Å². The van der Waals surface area contributed by atoms with Gasteiger partial charge >= 0.3 is 0 Å². The number of nitrogens with zero attached hydrogens (tertiary/aromatic N) is 4. The molecule has 0 bridgehead atoms. The van der Waals surface area contributed by atoms with Gasteiger partial charge in [-0.2, -0.15) is 0 Å². The molecule has 308 valence electrons. The zero-order valence-corrected chi connectivity index (χ0v) is 38.0. The Morgan fingerprint density at radius 2 is 0.947 bits per heavy atom. The lowest BCUT2D eigenvalue weighted by Crippen LogP contribution is -2.37. The molecule has 0 aromatic heterocycles.